The van der Waals surface area contributed by atoms with Crippen LogP contribution in [0.1, 0.15) is 95.8 Å². The van der Waals surface area contributed by atoms with Crippen molar-refractivity contribution in [3.63, 3.8) is 0 Å². The van der Waals surface area contributed by atoms with E-state index < -0.39 is 52.2 Å². The number of aliphatic imine (C=N–C) groups is 1. The van der Waals surface area contributed by atoms with E-state index in [0.717, 1.165) is 48.0 Å². The summed E-state index contributed by atoms with van der Waals surface area (Å²) in [6, 6.07) is 4.70. The lowest BCUT2D eigenvalue weighted by molar-refractivity contribution is -0.156. The summed E-state index contributed by atoms with van der Waals surface area (Å²) in [6.07, 6.45) is 7.07. The minimum Gasteiger partial charge on any atom is -0.464 e. The van der Waals surface area contributed by atoms with Crippen molar-refractivity contribution in [1.82, 2.24) is 40.0 Å². The smallest absolute Gasteiger partial charge is 0.324 e. The summed E-state index contributed by atoms with van der Waals surface area (Å²) >= 11 is 1.40. The van der Waals surface area contributed by atoms with E-state index in [9.17, 15) is 23.6 Å². The molecule has 3 radical (unpaired) electrons. The maximum Gasteiger partial charge on any atom is 0.324 e. The van der Waals surface area contributed by atoms with E-state index >= 15 is 0 Å². The number of amides is 4. The molecule has 1 unspecified atom stereocenters. The van der Waals surface area contributed by atoms with Crippen LogP contribution < -0.4 is 10.7 Å². The van der Waals surface area contributed by atoms with Crippen molar-refractivity contribution in [3.8, 4) is 11.3 Å². The number of cyclic esters (lactones) is 1. The number of aromatic nitrogens is 2. The molecule has 6 atom stereocenters. The van der Waals surface area contributed by atoms with Crippen molar-refractivity contribution in [2.45, 2.75) is 140 Å². The van der Waals surface area contributed by atoms with Crippen molar-refractivity contribution in [3.05, 3.63) is 51.5 Å². The topological polar surface area (TPSA) is 154 Å². The van der Waals surface area contributed by atoms with Gasteiger partial charge in [-0.3, -0.25) is 29.3 Å². The third kappa shape index (κ3) is 8.74. The molecule has 8 bridgehead atoms. The number of halogens is 1. The molecule has 3 saturated heterocycles. The van der Waals surface area contributed by atoms with Gasteiger partial charge in [-0.05, 0) is 82.1 Å². The second-order valence-electron chi connectivity index (χ2n) is 21.1. The number of aryl methyl sites for hydroxylation is 1. The van der Waals surface area contributed by atoms with Gasteiger partial charge in [0.2, 0.25) is 5.91 Å². The molecule has 365 valence electrons. The number of nitrogens with one attached hydrogen (secondary N) is 2. The summed E-state index contributed by atoms with van der Waals surface area (Å²) in [5.74, 6) is -1.77. The van der Waals surface area contributed by atoms with Crippen LogP contribution in [0.15, 0.2) is 40.2 Å². The van der Waals surface area contributed by atoms with Gasteiger partial charge in [0.05, 0.1) is 33.7 Å². The molecule has 4 amide bonds. The van der Waals surface area contributed by atoms with Crippen molar-refractivity contribution in [2.24, 2.45) is 16.3 Å². The van der Waals surface area contributed by atoms with E-state index in [2.05, 4.69) is 82.4 Å². The minimum absolute atomic E-state index is 0.0147. The number of rotatable bonds is 9. The van der Waals surface area contributed by atoms with Gasteiger partial charge in [0.1, 0.15) is 29.0 Å². The lowest BCUT2D eigenvalue weighted by Gasteiger charge is -2.54. The van der Waals surface area contributed by atoms with Crippen LogP contribution in [-0.2, 0) is 43.2 Å². The number of hydrazine groups is 1. The number of fused-ring (bicyclic) bond motifs is 8. The second kappa shape index (κ2) is 18.7. The predicted molar refractivity (Wildman–Crippen MR) is 261 cm³/mol. The number of methoxy groups -OCH3 is 1. The summed E-state index contributed by atoms with van der Waals surface area (Å²) in [7, 11) is 7.22. The van der Waals surface area contributed by atoms with Crippen molar-refractivity contribution in [1.29, 1.82) is 0 Å². The maximum atomic E-state index is 14.9. The van der Waals surface area contributed by atoms with Crippen molar-refractivity contribution >= 4 is 62.5 Å². The fourth-order valence-corrected chi connectivity index (χ4v) is 13.2. The average molecular weight is 969 g/mol. The molecule has 3 aromatic rings. The number of alkyl halides is 1. The van der Waals surface area contributed by atoms with Crippen LogP contribution in [0, 0.1) is 11.3 Å². The number of hydrogen-bond donors (Lipinski definition) is 2. The van der Waals surface area contributed by atoms with Gasteiger partial charge in [-0.15, -0.1) is 11.3 Å². The Morgan fingerprint density at radius 3 is 2.53 bits per heavy atom. The second-order valence-corrected chi connectivity index (χ2v) is 22.9. The van der Waals surface area contributed by atoms with Crippen LogP contribution in [0.5, 0.6) is 0 Å². The molecule has 6 aliphatic rings. The Balaban J connectivity index is 1.06. The third-order valence-corrected chi connectivity index (χ3v) is 16.9. The Labute approximate surface area is 406 Å². The highest BCUT2D eigenvalue weighted by atomic mass is 32.1. The van der Waals surface area contributed by atoms with Crippen LogP contribution in [0.3, 0.4) is 0 Å². The standard InChI is InChI=1S/C50H67FN9O6SSi/c1-9-59-39-13-12-31-21-35(39)36(43(59)41-32-14-17-52-49(41,22-32)30(4)65-8)23-48(5,6)28-66-45(62)37-11-10-18-60(55-37)46(63)50(68,24-40-53-38(31)27-67-40)54-44(61)42(29(2)3)56(7)47(64)57-19-15-34(16-20-57)58-25-33(51)26-58/h12-14,17,21,27,29-30,33-34,37,41-42,55H,9-11,15-16,18-20,22-26,28H2,1-8H3,(H,54,61)/t30-,37-,41+,42-,49?,50+/m0/s1. The molecule has 15 nitrogen and oxygen atoms in total. The quantitative estimate of drug-likeness (QED) is 0.212. The van der Waals surface area contributed by atoms with Gasteiger partial charge in [-0.25, -0.2) is 19.6 Å². The molecule has 7 heterocycles. The number of piperidine rings is 1. The Morgan fingerprint density at radius 1 is 1.10 bits per heavy atom. The molecule has 18 heteroatoms. The van der Waals surface area contributed by atoms with E-state index in [1.54, 1.807) is 19.1 Å². The number of likely N-dealkylation sites (N-methyl/N-ethyl adjacent to an activating group) is 1. The normalized spacial score (nSPS) is 27.8. The molecule has 4 fully saturated rings. The molecule has 0 spiro atoms. The number of thiazole rings is 1. The number of esters is 1. The number of allylic oxidation sites excluding steroid dienone is 1. The van der Waals surface area contributed by atoms with Crippen LogP contribution in [0.25, 0.3) is 22.2 Å². The van der Waals surface area contributed by atoms with Crippen molar-refractivity contribution in [2.75, 3.05) is 53.5 Å². The van der Waals surface area contributed by atoms with Crippen LogP contribution in [0.2, 0.25) is 0 Å². The van der Waals surface area contributed by atoms with E-state index in [-0.39, 0.29) is 49.6 Å². The number of carbonyl (C=O) groups excluding carboxylic acids is 4. The highest BCUT2D eigenvalue weighted by Gasteiger charge is 2.58. The van der Waals surface area contributed by atoms with Gasteiger partial charge in [-0.2, -0.15) is 0 Å². The average Bonchev–Trinajstić information content (AvgIpc) is 3.89. The van der Waals surface area contributed by atoms with Gasteiger partial charge in [0, 0.05) is 111 Å². The van der Waals surface area contributed by atoms with Gasteiger partial charge in [0.25, 0.3) is 5.91 Å². The molecule has 2 N–H and O–H groups in total. The first kappa shape index (κ1) is 48.5. The lowest BCUT2D eigenvalue weighted by atomic mass is 9.57. The van der Waals surface area contributed by atoms with Crippen molar-refractivity contribution < 1.29 is 33.0 Å². The Kier molecular flexibility index (Phi) is 13.3. The third-order valence-electron chi connectivity index (χ3n) is 15.5. The molecule has 9 rings (SSSR count). The van der Waals surface area contributed by atoms with Gasteiger partial charge >= 0.3 is 12.0 Å². The molecule has 1 saturated carbocycles. The Hall–Kier alpha value is -4.49. The van der Waals surface area contributed by atoms with Gasteiger partial charge in [-0.1, -0.05) is 39.3 Å². The highest BCUT2D eigenvalue weighted by Crippen LogP contribution is 2.59. The predicted octanol–water partition coefficient (Wildman–Crippen LogP) is 5.40. The summed E-state index contributed by atoms with van der Waals surface area (Å²) < 4.78 is 28.2. The summed E-state index contributed by atoms with van der Waals surface area (Å²) in [5, 5.41) is 6.42. The highest BCUT2D eigenvalue weighted by molar-refractivity contribution is 7.10. The molecule has 68 heavy (non-hydrogen) atoms. The molecule has 1 aromatic carbocycles. The number of likely N-dealkylation sites (tertiary alicyclic amines) is 2. The zero-order chi connectivity index (χ0) is 48.4. The number of carbonyl (C=O) groups is 4. The number of ether oxygens (including phenoxy) is 2. The number of dihydropyridines is 1. The first-order chi connectivity index (χ1) is 32.4. The monoisotopic (exact) mass is 968 g/mol. The summed E-state index contributed by atoms with van der Waals surface area (Å²) in [6.45, 7) is 15.4. The van der Waals surface area contributed by atoms with Gasteiger partial charge < -0.3 is 29.2 Å². The molecule has 1 aliphatic carbocycles. The number of benzene rings is 1. The van der Waals surface area contributed by atoms with E-state index in [4.69, 9.17) is 19.5 Å². The molecule has 2 aromatic heterocycles. The minimum atomic E-state index is -1.73. The largest absolute Gasteiger partial charge is 0.464 e. The lowest BCUT2D eigenvalue weighted by Crippen LogP contribution is -2.69. The Morgan fingerprint density at radius 2 is 1.85 bits per heavy atom. The zero-order valence-electron chi connectivity index (χ0n) is 40.8. The SMILES string of the molecule is CCn1c([C@H]2C3=CC=NC2([C@H](C)OC)C3)c2c3cc(ccc31)-c1csc(n1)C[C@]([Si])(NC(=O)[C@H](C(C)C)N(C)C(=O)N1CCC(N3CC(F)C3)CC1)C(=O)N1CCC[C@H](N1)C(=O)OCC(C)(C)C2. The van der Waals surface area contributed by atoms with Crippen LogP contribution in [-0.4, -0.2) is 164 Å². The Bertz CT molecular complexity index is 2510. The number of hydrogen-bond acceptors (Lipinski definition) is 11. The fraction of sp³-hybridized carbons (Fsp3) is 0.640. The maximum absolute atomic E-state index is 14.9. The number of urea groups is 1. The fourth-order valence-electron chi connectivity index (χ4n) is 11.7. The molecular formula is C50H67FN9O6SSi. The first-order valence-electron chi connectivity index (χ1n) is 24.5. The van der Waals surface area contributed by atoms with E-state index in [1.807, 2.05) is 25.4 Å². The zero-order valence-corrected chi connectivity index (χ0v) is 42.6. The molecule has 5 aliphatic heterocycles. The van der Waals surface area contributed by atoms with E-state index in [0.29, 0.717) is 50.4 Å². The van der Waals surface area contributed by atoms with Crippen LogP contribution in [0.4, 0.5) is 9.18 Å². The summed E-state index contributed by atoms with van der Waals surface area (Å²) in [4.78, 5) is 73.4. The van der Waals surface area contributed by atoms with Gasteiger partial charge in [0.15, 0.2) is 0 Å². The molecular weight excluding hydrogens is 902 g/mol. The van der Waals surface area contributed by atoms with Crippen LogP contribution >= 0.6 is 11.3 Å². The summed E-state index contributed by atoms with van der Waals surface area (Å²) in [5.41, 5.74) is 8.72. The van der Waals surface area contributed by atoms with E-state index in [1.165, 1.54) is 38.1 Å². The number of nitrogens with zero attached hydrogens (tertiary/aromatic N) is 7. The first-order valence-corrected chi connectivity index (χ1v) is 25.8.